The Kier molecular flexibility index (Phi) is 5.90. The highest BCUT2D eigenvalue weighted by atomic mass is 16.3. The van der Waals surface area contributed by atoms with E-state index in [4.69, 9.17) is 5.26 Å². The Morgan fingerprint density at radius 1 is 1.24 bits per heavy atom. The van der Waals surface area contributed by atoms with Gasteiger partial charge in [-0.05, 0) is 43.9 Å². The van der Waals surface area contributed by atoms with Crippen LogP contribution in [0.5, 0.6) is 0 Å². The highest BCUT2D eigenvalue weighted by molar-refractivity contribution is 4.83. The third-order valence-electron chi connectivity index (χ3n) is 3.91. The van der Waals surface area contributed by atoms with Crippen LogP contribution in [0.4, 0.5) is 0 Å². The molecule has 1 fully saturated rings. The zero-order valence-electron chi connectivity index (χ0n) is 10.4. The first-order chi connectivity index (χ1) is 8.06. The van der Waals surface area contributed by atoms with Gasteiger partial charge in [0.05, 0.1) is 24.4 Å². The number of nitrogens with zero attached hydrogens (tertiary/aromatic N) is 1. The minimum absolute atomic E-state index is 0.0447. The van der Waals surface area contributed by atoms with Gasteiger partial charge in [0.25, 0.3) is 0 Å². The molecule has 0 aromatic heterocycles. The first-order valence-electron chi connectivity index (χ1n) is 6.47. The number of nitriles is 1. The fraction of sp³-hybridized carbons (Fsp3) is 0.923. The molecule has 0 heterocycles. The SMILES string of the molecule is CC1CCC(C(O)C(O)CCC#N)CCC1O. The Labute approximate surface area is 103 Å². The first kappa shape index (κ1) is 14.4. The second kappa shape index (κ2) is 6.95. The summed E-state index contributed by atoms with van der Waals surface area (Å²) in [7, 11) is 0. The lowest BCUT2D eigenvalue weighted by Gasteiger charge is -2.25. The summed E-state index contributed by atoms with van der Waals surface area (Å²) < 4.78 is 0. The average Bonchev–Trinajstić information content (AvgIpc) is 2.49. The number of aliphatic hydroxyl groups excluding tert-OH is 3. The molecular weight excluding hydrogens is 218 g/mol. The van der Waals surface area contributed by atoms with E-state index in [1.165, 1.54) is 0 Å². The highest BCUT2D eigenvalue weighted by Gasteiger charge is 2.30. The number of aliphatic hydroxyl groups is 3. The third kappa shape index (κ3) is 4.27. The zero-order valence-corrected chi connectivity index (χ0v) is 10.4. The number of hydrogen-bond donors (Lipinski definition) is 3. The van der Waals surface area contributed by atoms with Gasteiger partial charge in [0, 0.05) is 6.42 Å². The molecule has 1 aliphatic rings. The normalized spacial score (nSPS) is 33.5. The molecule has 98 valence electrons. The average molecular weight is 241 g/mol. The van der Waals surface area contributed by atoms with Crippen molar-refractivity contribution in [1.82, 2.24) is 0 Å². The molecule has 0 aromatic rings. The van der Waals surface area contributed by atoms with Crippen LogP contribution in [-0.4, -0.2) is 33.6 Å². The van der Waals surface area contributed by atoms with E-state index in [1.807, 2.05) is 13.0 Å². The van der Waals surface area contributed by atoms with E-state index in [-0.39, 0.29) is 24.4 Å². The monoisotopic (exact) mass is 241 g/mol. The van der Waals surface area contributed by atoms with Gasteiger partial charge in [-0.3, -0.25) is 0 Å². The summed E-state index contributed by atoms with van der Waals surface area (Å²) in [5.41, 5.74) is 0. The highest BCUT2D eigenvalue weighted by Crippen LogP contribution is 2.30. The third-order valence-corrected chi connectivity index (χ3v) is 3.91. The van der Waals surface area contributed by atoms with Crippen molar-refractivity contribution in [3.63, 3.8) is 0 Å². The van der Waals surface area contributed by atoms with Crippen LogP contribution in [-0.2, 0) is 0 Å². The standard InChI is InChI=1S/C13H23NO3/c1-9-4-5-10(6-7-11(9)15)13(17)12(16)3-2-8-14/h9-13,15-17H,2-7H2,1H3. The molecule has 1 rings (SSSR count). The van der Waals surface area contributed by atoms with Crippen LogP contribution in [0.25, 0.3) is 0 Å². The van der Waals surface area contributed by atoms with Gasteiger partial charge in [0.15, 0.2) is 0 Å². The van der Waals surface area contributed by atoms with Crippen molar-refractivity contribution in [2.45, 2.75) is 63.8 Å². The molecule has 4 heteroatoms. The van der Waals surface area contributed by atoms with Gasteiger partial charge in [-0.15, -0.1) is 0 Å². The zero-order chi connectivity index (χ0) is 12.8. The summed E-state index contributed by atoms with van der Waals surface area (Å²) in [5, 5.41) is 38.0. The predicted octanol–water partition coefficient (Wildman–Crippen LogP) is 1.20. The maximum atomic E-state index is 10.0. The van der Waals surface area contributed by atoms with Crippen molar-refractivity contribution >= 4 is 0 Å². The maximum Gasteiger partial charge on any atom is 0.0827 e. The van der Waals surface area contributed by atoms with Gasteiger partial charge in [0.2, 0.25) is 0 Å². The van der Waals surface area contributed by atoms with Crippen molar-refractivity contribution in [1.29, 1.82) is 5.26 Å². The summed E-state index contributed by atoms with van der Waals surface area (Å²) in [6.45, 7) is 2.02. The van der Waals surface area contributed by atoms with Gasteiger partial charge < -0.3 is 15.3 Å². The summed E-state index contributed by atoms with van der Waals surface area (Å²) in [6, 6.07) is 1.97. The second-order valence-corrected chi connectivity index (χ2v) is 5.21. The summed E-state index contributed by atoms with van der Waals surface area (Å²) >= 11 is 0. The number of hydrogen-bond acceptors (Lipinski definition) is 4. The van der Waals surface area contributed by atoms with E-state index in [1.54, 1.807) is 0 Å². The van der Waals surface area contributed by atoms with Crippen LogP contribution in [0.15, 0.2) is 0 Å². The molecule has 17 heavy (non-hydrogen) atoms. The lowest BCUT2D eigenvalue weighted by Crippen LogP contribution is -2.33. The van der Waals surface area contributed by atoms with Crippen molar-refractivity contribution in [2.24, 2.45) is 11.8 Å². The Morgan fingerprint density at radius 2 is 1.88 bits per heavy atom. The number of rotatable bonds is 4. The molecule has 0 aliphatic heterocycles. The Morgan fingerprint density at radius 3 is 2.53 bits per heavy atom. The van der Waals surface area contributed by atoms with Gasteiger partial charge in [-0.2, -0.15) is 5.26 Å². The molecule has 5 unspecified atom stereocenters. The van der Waals surface area contributed by atoms with Crippen LogP contribution >= 0.6 is 0 Å². The van der Waals surface area contributed by atoms with E-state index in [9.17, 15) is 15.3 Å². The quantitative estimate of drug-likeness (QED) is 0.646. The van der Waals surface area contributed by atoms with Crippen molar-refractivity contribution in [3.05, 3.63) is 0 Å². The van der Waals surface area contributed by atoms with E-state index < -0.39 is 12.2 Å². The topological polar surface area (TPSA) is 84.5 Å². The summed E-state index contributed by atoms with van der Waals surface area (Å²) in [4.78, 5) is 0. The molecule has 4 nitrogen and oxygen atoms in total. The van der Waals surface area contributed by atoms with E-state index >= 15 is 0 Å². The molecule has 0 bridgehead atoms. The fourth-order valence-electron chi connectivity index (χ4n) is 2.52. The summed E-state index contributed by atoms with van der Waals surface area (Å²) in [6.07, 6.45) is 1.88. The smallest absolute Gasteiger partial charge is 0.0827 e. The Hall–Kier alpha value is -0.630. The predicted molar refractivity (Wildman–Crippen MR) is 64.0 cm³/mol. The van der Waals surface area contributed by atoms with Gasteiger partial charge in [-0.25, -0.2) is 0 Å². The van der Waals surface area contributed by atoms with Gasteiger partial charge >= 0.3 is 0 Å². The van der Waals surface area contributed by atoms with E-state index in [2.05, 4.69) is 0 Å². The van der Waals surface area contributed by atoms with Crippen LogP contribution < -0.4 is 0 Å². The van der Waals surface area contributed by atoms with Crippen molar-refractivity contribution in [2.75, 3.05) is 0 Å². The molecule has 3 N–H and O–H groups in total. The minimum atomic E-state index is -0.815. The molecule has 0 radical (unpaired) electrons. The Bertz CT molecular complexity index is 252. The van der Waals surface area contributed by atoms with Crippen LogP contribution in [0.3, 0.4) is 0 Å². The molecule has 1 saturated carbocycles. The van der Waals surface area contributed by atoms with Crippen LogP contribution in [0.1, 0.15) is 45.4 Å². The molecule has 0 spiro atoms. The maximum absolute atomic E-state index is 10.0. The largest absolute Gasteiger partial charge is 0.393 e. The second-order valence-electron chi connectivity index (χ2n) is 5.21. The molecule has 1 aliphatic carbocycles. The fourth-order valence-corrected chi connectivity index (χ4v) is 2.52. The molecule has 0 amide bonds. The van der Waals surface area contributed by atoms with Crippen molar-refractivity contribution < 1.29 is 15.3 Å². The van der Waals surface area contributed by atoms with Crippen molar-refractivity contribution in [3.8, 4) is 6.07 Å². The van der Waals surface area contributed by atoms with E-state index in [0.29, 0.717) is 12.8 Å². The van der Waals surface area contributed by atoms with Gasteiger partial charge in [-0.1, -0.05) is 6.92 Å². The Balaban J connectivity index is 2.46. The van der Waals surface area contributed by atoms with E-state index in [0.717, 1.165) is 19.3 Å². The first-order valence-corrected chi connectivity index (χ1v) is 6.47. The van der Waals surface area contributed by atoms with Crippen LogP contribution in [0, 0.1) is 23.2 Å². The molecule has 0 aromatic carbocycles. The van der Waals surface area contributed by atoms with Crippen LogP contribution in [0.2, 0.25) is 0 Å². The molecule has 5 atom stereocenters. The lowest BCUT2D eigenvalue weighted by atomic mass is 9.89. The lowest BCUT2D eigenvalue weighted by molar-refractivity contribution is -0.0250. The molecule has 0 saturated heterocycles. The van der Waals surface area contributed by atoms with Gasteiger partial charge in [0.1, 0.15) is 0 Å². The summed E-state index contributed by atoms with van der Waals surface area (Å²) in [5.74, 6) is 0.312. The molecular formula is C13H23NO3. The minimum Gasteiger partial charge on any atom is -0.393 e.